The van der Waals surface area contributed by atoms with Crippen molar-refractivity contribution < 1.29 is 22.7 Å². The maximum atomic E-state index is 12.5. The molecule has 0 bridgehead atoms. The van der Waals surface area contributed by atoms with Gasteiger partial charge in [0.2, 0.25) is 5.91 Å². The number of morpholine rings is 1. The van der Waals surface area contributed by atoms with E-state index in [0.717, 1.165) is 6.54 Å². The van der Waals surface area contributed by atoms with Gasteiger partial charge in [-0.1, -0.05) is 0 Å². The van der Waals surface area contributed by atoms with E-state index in [-0.39, 0.29) is 12.6 Å². The van der Waals surface area contributed by atoms with E-state index in [9.17, 15) is 18.0 Å². The molecule has 1 saturated heterocycles. The van der Waals surface area contributed by atoms with Gasteiger partial charge in [0.25, 0.3) is 0 Å². The number of amides is 1. The Morgan fingerprint density at radius 3 is 2.67 bits per heavy atom. The number of carbonyl (C=O) groups is 1. The van der Waals surface area contributed by atoms with Gasteiger partial charge in [0.05, 0.1) is 12.7 Å². The molecule has 1 aliphatic heterocycles. The van der Waals surface area contributed by atoms with Gasteiger partial charge in [-0.25, -0.2) is 0 Å². The molecule has 0 aliphatic carbocycles. The number of rotatable bonds is 3. The molecule has 18 heavy (non-hydrogen) atoms. The van der Waals surface area contributed by atoms with Crippen molar-refractivity contribution in [2.75, 3.05) is 33.3 Å². The molecule has 8 heteroatoms. The predicted octanol–water partition coefficient (Wildman–Crippen LogP) is -0.287. The summed E-state index contributed by atoms with van der Waals surface area (Å²) in [6.45, 7) is 2.49. The molecular weight excluding hydrogens is 251 g/mol. The topological polar surface area (TPSA) is 67.6 Å². The molecule has 0 saturated carbocycles. The molecule has 1 amide bonds. The Morgan fingerprint density at radius 2 is 2.17 bits per heavy atom. The van der Waals surface area contributed by atoms with Crippen LogP contribution in [-0.2, 0) is 9.53 Å². The van der Waals surface area contributed by atoms with E-state index < -0.39 is 17.6 Å². The molecule has 1 fully saturated rings. The van der Waals surface area contributed by atoms with Gasteiger partial charge in [-0.3, -0.25) is 4.79 Å². The Morgan fingerprint density at radius 1 is 1.56 bits per heavy atom. The quantitative estimate of drug-likeness (QED) is 0.739. The molecule has 0 radical (unpaired) electrons. The molecule has 0 aromatic heterocycles. The number of alkyl halides is 3. The van der Waals surface area contributed by atoms with Crippen LogP contribution in [0.2, 0.25) is 0 Å². The zero-order valence-electron chi connectivity index (χ0n) is 10.4. The van der Waals surface area contributed by atoms with Crippen molar-refractivity contribution in [3.8, 4) is 0 Å². The number of ether oxygens (including phenoxy) is 1. The summed E-state index contributed by atoms with van der Waals surface area (Å²) in [5, 5.41) is 2.18. The minimum Gasteiger partial charge on any atom is -0.374 e. The molecule has 106 valence electrons. The third-order valence-corrected chi connectivity index (χ3v) is 2.89. The lowest BCUT2D eigenvalue weighted by Gasteiger charge is -2.31. The number of nitrogens with one attached hydrogen (secondary N) is 1. The van der Waals surface area contributed by atoms with Gasteiger partial charge in [0, 0.05) is 19.6 Å². The minimum atomic E-state index is -4.78. The van der Waals surface area contributed by atoms with Crippen LogP contribution in [0.25, 0.3) is 0 Å². The first-order valence-corrected chi connectivity index (χ1v) is 5.58. The van der Waals surface area contributed by atoms with E-state index >= 15 is 0 Å². The number of hydrogen-bond donors (Lipinski definition) is 2. The summed E-state index contributed by atoms with van der Waals surface area (Å²) in [6.07, 6.45) is -5.09. The molecule has 0 aromatic carbocycles. The second-order valence-corrected chi connectivity index (χ2v) is 4.67. The summed E-state index contributed by atoms with van der Waals surface area (Å²) < 4.78 is 42.8. The number of carbonyl (C=O) groups excluding carboxylic acids is 1. The van der Waals surface area contributed by atoms with Crippen LogP contribution in [-0.4, -0.2) is 61.9 Å². The van der Waals surface area contributed by atoms with Crippen LogP contribution < -0.4 is 11.1 Å². The molecule has 2 atom stereocenters. The van der Waals surface area contributed by atoms with Crippen LogP contribution in [0.1, 0.15) is 6.92 Å². The highest BCUT2D eigenvalue weighted by atomic mass is 19.4. The van der Waals surface area contributed by atoms with Gasteiger partial charge in [-0.15, -0.1) is 0 Å². The second kappa shape index (κ2) is 5.41. The van der Waals surface area contributed by atoms with Crippen LogP contribution in [0, 0.1) is 0 Å². The fourth-order valence-corrected chi connectivity index (χ4v) is 1.51. The average Bonchev–Trinajstić information content (AvgIpc) is 2.24. The fraction of sp³-hybridized carbons (Fsp3) is 0.900. The molecule has 3 N–H and O–H groups in total. The Kier molecular flexibility index (Phi) is 4.57. The van der Waals surface area contributed by atoms with Crippen molar-refractivity contribution in [2.24, 2.45) is 5.73 Å². The molecule has 0 aromatic rings. The first-order valence-electron chi connectivity index (χ1n) is 5.58. The van der Waals surface area contributed by atoms with E-state index in [1.807, 2.05) is 11.9 Å². The summed E-state index contributed by atoms with van der Waals surface area (Å²) in [7, 11) is 1.88. The van der Waals surface area contributed by atoms with Crippen molar-refractivity contribution in [3.05, 3.63) is 0 Å². The van der Waals surface area contributed by atoms with Gasteiger partial charge in [-0.05, 0) is 14.0 Å². The zero-order chi connectivity index (χ0) is 14.0. The van der Waals surface area contributed by atoms with Crippen LogP contribution in [0.15, 0.2) is 0 Å². The molecule has 1 aliphatic rings. The van der Waals surface area contributed by atoms with Crippen molar-refractivity contribution in [3.63, 3.8) is 0 Å². The van der Waals surface area contributed by atoms with Crippen LogP contribution in [0.5, 0.6) is 0 Å². The normalized spacial score (nSPS) is 25.6. The highest BCUT2D eigenvalue weighted by Crippen LogP contribution is 2.27. The lowest BCUT2D eigenvalue weighted by atomic mass is 10.0. The predicted molar refractivity (Wildman–Crippen MR) is 58.9 cm³/mol. The van der Waals surface area contributed by atoms with Gasteiger partial charge >= 0.3 is 6.18 Å². The molecule has 5 nitrogen and oxygen atoms in total. The van der Waals surface area contributed by atoms with E-state index in [1.54, 1.807) is 0 Å². The number of hydrogen-bond acceptors (Lipinski definition) is 4. The third kappa shape index (κ3) is 3.56. The smallest absolute Gasteiger partial charge is 0.374 e. The first-order chi connectivity index (χ1) is 8.14. The minimum absolute atomic E-state index is 0.0199. The summed E-state index contributed by atoms with van der Waals surface area (Å²) >= 11 is 0. The summed E-state index contributed by atoms with van der Waals surface area (Å²) in [4.78, 5) is 13.4. The maximum Gasteiger partial charge on any atom is 0.415 e. The van der Waals surface area contributed by atoms with Crippen molar-refractivity contribution in [1.82, 2.24) is 10.2 Å². The van der Waals surface area contributed by atoms with Crippen molar-refractivity contribution >= 4 is 5.91 Å². The van der Waals surface area contributed by atoms with Crippen molar-refractivity contribution in [1.29, 1.82) is 0 Å². The lowest BCUT2D eigenvalue weighted by Crippen LogP contribution is -2.62. The summed E-state index contributed by atoms with van der Waals surface area (Å²) in [5.41, 5.74) is 2.11. The number of likely N-dealkylation sites (N-methyl/N-ethyl adjacent to an activating group) is 1. The monoisotopic (exact) mass is 269 g/mol. The molecule has 2 unspecified atom stereocenters. The van der Waals surface area contributed by atoms with Crippen molar-refractivity contribution in [2.45, 2.75) is 24.7 Å². The number of nitrogens with zero attached hydrogens (tertiary/aromatic N) is 1. The Bertz CT molecular complexity index is 307. The van der Waals surface area contributed by atoms with Gasteiger partial charge in [0.15, 0.2) is 5.54 Å². The lowest BCUT2D eigenvalue weighted by molar-refractivity contribution is -0.187. The van der Waals surface area contributed by atoms with Gasteiger partial charge in [-0.2, -0.15) is 13.2 Å². The van der Waals surface area contributed by atoms with E-state index in [2.05, 4.69) is 5.32 Å². The zero-order valence-corrected chi connectivity index (χ0v) is 10.4. The Balaban J connectivity index is 2.46. The van der Waals surface area contributed by atoms with E-state index in [1.165, 1.54) is 0 Å². The maximum absolute atomic E-state index is 12.5. The SMILES string of the molecule is CN1CCOC(CNC(=O)C(C)(N)C(F)(F)F)C1. The molecule has 0 spiro atoms. The average molecular weight is 269 g/mol. The molecule has 1 rings (SSSR count). The molecule has 1 heterocycles. The van der Waals surface area contributed by atoms with E-state index in [4.69, 9.17) is 10.5 Å². The van der Waals surface area contributed by atoms with Crippen LogP contribution in [0.4, 0.5) is 13.2 Å². The molecular formula is C10H18F3N3O2. The van der Waals surface area contributed by atoms with Crippen LogP contribution in [0.3, 0.4) is 0 Å². The summed E-state index contributed by atoms with van der Waals surface area (Å²) in [6, 6.07) is 0. The standard InChI is InChI=1S/C10H18F3N3O2/c1-9(14,10(11,12)13)8(17)15-5-7-6-16(2)3-4-18-7/h7H,3-6,14H2,1-2H3,(H,15,17). The first kappa shape index (κ1) is 15.2. The number of nitrogens with two attached hydrogens (primary N) is 1. The van der Waals surface area contributed by atoms with Crippen LogP contribution >= 0.6 is 0 Å². The Hall–Kier alpha value is -0.860. The fourth-order valence-electron chi connectivity index (χ4n) is 1.51. The van der Waals surface area contributed by atoms with E-state index in [0.29, 0.717) is 20.1 Å². The third-order valence-electron chi connectivity index (χ3n) is 2.89. The summed E-state index contributed by atoms with van der Waals surface area (Å²) in [5.74, 6) is -1.24. The largest absolute Gasteiger partial charge is 0.415 e. The number of halogens is 3. The van der Waals surface area contributed by atoms with Gasteiger partial charge in [0.1, 0.15) is 0 Å². The second-order valence-electron chi connectivity index (χ2n) is 4.67. The Labute approximate surface area is 103 Å². The highest BCUT2D eigenvalue weighted by Gasteiger charge is 2.53. The highest BCUT2D eigenvalue weighted by molar-refractivity contribution is 5.86. The van der Waals surface area contributed by atoms with Gasteiger partial charge < -0.3 is 20.7 Å².